The molecule has 4 rings (SSSR count). The van der Waals surface area contributed by atoms with Crippen molar-refractivity contribution in [2.24, 2.45) is 11.8 Å². The fraction of sp³-hybridized carbons (Fsp3) is 0.636. The third-order valence-electron chi connectivity index (χ3n) is 6.21. The number of carbonyl (C=O) groups excluding carboxylic acids is 1. The monoisotopic (exact) mass is 414 g/mol. The Balaban J connectivity index is 1.16. The molecule has 0 aliphatic carbocycles. The van der Waals surface area contributed by atoms with Gasteiger partial charge in [0.05, 0.1) is 11.6 Å². The van der Waals surface area contributed by atoms with Crippen LogP contribution in [0.4, 0.5) is 4.79 Å². The van der Waals surface area contributed by atoms with E-state index in [1.807, 2.05) is 4.90 Å². The zero-order chi connectivity index (χ0) is 20.9. The fourth-order valence-corrected chi connectivity index (χ4v) is 4.66. The Bertz CT molecular complexity index is 745. The second-order valence-corrected chi connectivity index (χ2v) is 8.55. The molecule has 1 aromatic carbocycles. The summed E-state index contributed by atoms with van der Waals surface area (Å²) in [6.07, 6.45) is 2.34. The molecule has 0 aromatic heterocycles. The molecule has 3 unspecified atom stereocenters. The van der Waals surface area contributed by atoms with E-state index >= 15 is 0 Å². The number of fused-ring (bicyclic) bond motifs is 1. The molecule has 4 atom stereocenters. The van der Waals surface area contributed by atoms with Crippen molar-refractivity contribution in [1.29, 1.82) is 5.26 Å². The standard InChI is InChI=1S/C22H30N4O4/c23-9-16-4-6-20(7-5-16)30-15-19(27)14-25-10-17-12-26(13-18(17)11-25)22(28)24-21-3-1-2-8-29-21/h4-7,17-19,21,27H,1-3,8,10-15H2,(H,24,28)/t17?,18?,19-,21?/m0/s1. The molecule has 30 heavy (non-hydrogen) atoms. The van der Waals surface area contributed by atoms with E-state index in [-0.39, 0.29) is 18.9 Å². The van der Waals surface area contributed by atoms with E-state index in [1.54, 1.807) is 24.3 Å². The van der Waals surface area contributed by atoms with Crippen LogP contribution >= 0.6 is 0 Å². The molecule has 162 valence electrons. The lowest BCUT2D eigenvalue weighted by molar-refractivity contribution is -0.000422. The third kappa shape index (κ3) is 5.22. The molecule has 0 bridgehead atoms. The number of aliphatic hydroxyl groups is 1. The largest absolute Gasteiger partial charge is 0.491 e. The summed E-state index contributed by atoms with van der Waals surface area (Å²) in [5, 5.41) is 22.2. The van der Waals surface area contributed by atoms with E-state index in [9.17, 15) is 9.90 Å². The summed E-state index contributed by atoms with van der Waals surface area (Å²) in [5.41, 5.74) is 0.584. The van der Waals surface area contributed by atoms with Gasteiger partial charge in [-0.15, -0.1) is 0 Å². The third-order valence-corrected chi connectivity index (χ3v) is 6.21. The van der Waals surface area contributed by atoms with Gasteiger partial charge >= 0.3 is 6.03 Å². The smallest absolute Gasteiger partial charge is 0.319 e. The number of carbonyl (C=O) groups is 1. The number of hydrogen-bond acceptors (Lipinski definition) is 6. The number of amides is 2. The van der Waals surface area contributed by atoms with Crippen molar-refractivity contribution < 1.29 is 19.4 Å². The minimum atomic E-state index is -0.581. The first-order valence-electron chi connectivity index (χ1n) is 10.8. The molecule has 3 saturated heterocycles. The van der Waals surface area contributed by atoms with Crippen LogP contribution in [0.3, 0.4) is 0 Å². The van der Waals surface area contributed by atoms with Crippen molar-refractivity contribution in [3.05, 3.63) is 29.8 Å². The van der Waals surface area contributed by atoms with E-state index in [1.165, 1.54) is 0 Å². The molecular formula is C22H30N4O4. The predicted molar refractivity (Wildman–Crippen MR) is 110 cm³/mol. The van der Waals surface area contributed by atoms with Gasteiger partial charge in [-0.1, -0.05) is 0 Å². The summed E-state index contributed by atoms with van der Waals surface area (Å²) in [6.45, 7) is 4.81. The number of ether oxygens (including phenoxy) is 2. The topological polar surface area (TPSA) is 98.1 Å². The van der Waals surface area contributed by atoms with Gasteiger partial charge in [-0.25, -0.2) is 4.79 Å². The lowest BCUT2D eigenvalue weighted by atomic mass is 10.0. The Hall–Kier alpha value is -2.34. The zero-order valence-corrected chi connectivity index (χ0v) is 17.2. The summed E-state index contributed by atoms with van der Waals surface area (Å²) >= 11 is 0. The normalized spacial score (nSPS) is 27.3. The van der Waals surface area contributed by atoms with Crippen LogP contribution < -0.4 is 10.1 Å². The summed E-state index contributed by atoms with van der Waals surface area (Å²) < 4.78 is 11.2. The van der Waals surface area contributed by atoms with Crippen molar-refractivity contribution in [2.75, 3.05) is 45.9 Å². The highest BCUT2D eigenvalue weighted by molar-refractivity contribution is 5.74. The van der Waals surface area contributed by atoms with E-state index in [0.29, 0.717) is 29.7 Å². The maximum atomic E-state index is 12.5. The van der Waals surface area contributed by atoms with Crippen LogP contribution in [0.1, 0.15) is 24.8 Å². The van der Waals surface area contributed by atoms with Crippen LogP contribution in [-0.2, 0) is 4.74 Å². The highest BCUT2D eigenvalue weighted by Gasteiger charge is 2.42. The van der Waals surface area contributed by atoms with Gasteiger partial charge < -0.3 is 24.8 Å². The molecule has 1 aromatic rings. The van der Waals surface area contributed by atoms with Gasteiger partial charge in [-0.2, -0.15) is 5.26 Å². The average Bonchev–Trinajstić information content (AvgIpc) is 3.32. The lowest BCUT2D eigenvalue weighted by Crippen LogP contribution is -2.47. The number of hydrogen-bond donors (Lipinski definition) is 2. The maximum Gasteiger partial charge on any atom is 0.319 e. The molecule has 2 N–H and O–H groups in total. The summed E-state index contributed by atoms with van der Waals surface area (Å²) in [5.74, 6) is 1.55. The molecule has 3 fully saturated rings. The van der Waals surface area contributed by atoms with E-state index in [2.05, 4.69) is 16.3 Å². The van der Waals surface area contributed by atoms with E-state index < -0.39 is 6.10 Å². The van der Waals surface area contributed by atoms with Crippen molar-refractivity contribution in [3.8, 4) is 11.8 Å². The highest BCUT2D eigenvalue weighted by Crippen LogP contribution is 2.31. The molecule has 3 heterocycles. The molecule has 0 spiro atoms. The minimum Gasteiger partial charge on any atom is -0.491 e. The first-order chi connectivity index (χ1) is 14.6. The molecule has 0 saturated carbocycles. The number of nitriles is 1. The van der Waals surface area contributed by atoms with Gasteiger partial charge in [0.15, 0.2) is 0 Å². The first-order valence-corrected chi connectivity index (χ1v) is 10.8. The predicted octanol–water partition coefficient (Wildman–Crippen LogP) is 1.40. The number of β-amino-alcohol motifs (C(OH)–C–C–N with tert-alkyl or cyclic N) is 1. The Morgan fingerprint density at radius 1 is 1.23 bits per heavy atom. The number of rotatable bonds is 6. The molecule has 3 aliphatic heterocycles. The number of benzene rings is 1. The second-order valence-electron chi connectivity index (χ2n) is 8.55. The van der Waals surface area contributed by atoms with Crippen LogP contribution in [0, 0.1) is 23.2 Å². The highest BCUT2D eigenvalue weighted by atomic mass is 16.5. The Labute approximate surface area is 177 Å². The van der Waals surface area contributed by atoms with Gasteiger partial charge in [-0.3, -0.25) is 4.90 Å². The van der Waals surface area contributed by atoms with Crippen molar-refractivity contribution in [1.82, 2.24) is 15.1 Å². The van der Waals surface area contributed by atoms with Crippen LogP contribution in [0.5, 0.6) is 5.75 Å². The lowest BCUT2D eigenvalue weighted by Gasteiger charge is -2.27. The maximum absolute atomic E-state index is 12.5. The van der Waals surface area contributed by atoms with Gasteiger partial charge in [0.1, 0.15) is 24.7 Å². The molecule has 2 amide bonds. The number of aliphatic hydroxyl groups excluding tert-OH is 1. The number of likely N-dealkylation sites (tertiary alicyclic amines) is 2. The summed E-state index contributed by atoms with van der Waals surface area (Å²) in [4.78, 5) is 16.7. The van der Waals surface area contributed by atoms with Gasteiger partial charge in [0, 0.05) is 39.3 Å². The quantitative estimate of drug-likeness (QED) is 0.730. The van der Waals surface area contributed by atoms with Gasteiger partial charge in [0.25, 0.3) is 0 Å². The van der Waals surface area contributed by atoms with E-state index in [0.717, 1.165) is 52.0 Å². The summed E-state index contributed by atoms with van der Waals surface area (Å²) in [6, 6.07) is 8.93. The minimum absolute atomic E-state index is 0.0151. The van der Waals surface area contributed by atoms with Crippen molar-refractivity contribution in [2.45, 2.75) is 31.6 Å². The SMILES string of the molecule is N#Cc1ccc(OC[C@@H](O)CN2CC3CN(C(=O)NC4CCCCO4)CC3C2)cc1. The summed E-state index contributed by atoms with van der Waals surface area (Å²) in [7, 11) is 0. The Kier molecular flexibility index (Phi) is 6.72. The van der Waals surface area contributed by atoms with Crippen LogP contribution in [0.25, 0.3) is 0 Å². The number of nitrogens with zero attached hydrogens (tertiary/aromatic N) is 3. The Morgan fingerprint density at radius 3 is 2.60 bits per heavy atom. The Morgan fingerprint density at radius 2 is 1.97 bits per heavy atom. The molecule has 3 aliphatic rings. The van der Waals surface area contributed by atoms with Crippen molar-refractivity contribution in [3.63, 3.8) is 0 Å². The fourth-order valence-electron chi connectivity index (χ4n) is 4.66. The first kappa shape index (κ1) is 20.9. The average molecular weight is 415 g/mol. The number of urea groups is 1. The molecular weight excluding hydrogens is 384 g/mol. The van der Waals surface area contributed by atoms with Crippen LogP contribution in [-0.4, -0.2) is 79.2 Å². The van der Waals surface area contributed by atoms with Gasteiger partial charge in [0.2, 0.25) is 0 Å². The van der Waals surface area contributed by atoms with Gasteiger partial charge in [-0.05, 0) is 55.4 Å². The van der Waals surface area contributed by atoms with Crippen LogP contribution in [0.2, 0.25) is 0 Å². The molecule has 8 heteroatoms. The molecule has 0 radical (unpaired) electrons. The van der Waals surface area contributed by atoms with Crippen LogP contribution in [0.15, 0.2) is 24.3 Å². The van der Waals surface area contributed by atoms with E-state index in [4.69, 9.17) is 14.7 Å². The second kappa shape index (κ2) is 9.65. The van der Waals surface area contributed by atoms with Crippen molar-refractivity contribution >= 4 is 6.03 Å². The molecule has 8 nitrogen and oxygen atoms in total. The number of nitrogens with one attached hydrogen (secondary N) is 1. The zero-order valence-electron chi connectivity index (χ0n) is 17.2.